The average molecular weight is 293 g/mol. The molecule has 5 nitrogen and oxygen atoms in total. The van der Waals surface area contributed by atoms with Crippen molar-refractivity contribution in [3.05, 3.63) is 47.0 Å². The van der Waals surface area contributed by atoms with Crippen LogP contribution in [0.5, 0.6) is 11.5 Å². The highest BCUT2D eigenvalue weighted by Crippen LogP contribution is 2.27. The van der Waals surface area contributed by atoms with E-state index in [1.807, 2.05) is 0 Å². The number of phenolic OH excluding ortho intramolecular Hbond substituents is 1. The van der Waals surface area contributed by atoms with Crippen LogP contribution in [0.1, 0.15) is 10.4 Å². The van der Waals surface area contributed by atoms with Gasteiger partial charge in [0.25, 0.3) is 5.91 Å². The van der Waals surface area contributed by atoms with Gasteiger partial charge in [0, 0.05) is 6.07 Å². The first-order valence-electron chi connectivity index (χ1n) is 5.74. The molecule has 0 aromatic heterocycles. The first-order valence-corrected chi connectivity index (χ1v) is 6.12. The number of methoxy groups -OCH3 is 1. The molecule has 0 heterocycles. The molecular weight excluding hydrogens is 280 g/mol. The fourth-order valence-corrected chi connectivity index (χ4v) is 1.85. The summed E-state index contributed by atoms with van der Waals surface area (Å²) in [4.78, 5) is 12.1. The van der Waals surface area contributed by atoms with Gasteiger partial charge in [0.1, 0.15) is 11.5 Å². The third-order valence-electron chi connectivity index (χ3n) is 2.70. The van der Waals surface area contributed by atoms with Crippen LogP contribution in [0.25, 0.3) is 0 Å². The molecule has 20 heavy (non-hydrogen) atoms. The summed E-state index contributed by atoms with van der Waals surface area (Å²) in [6.07, 6.45) is 0. The number of carbonyl (C=O) groups excluding carboxylic acids is 1. The average Bonchev–Trinajstić information content (AvgIpc) is 2.43. The van der Waals surface area contributed by atoms with E-state index in [9.17, 15) is 9.90 Å². The van der Waals surface area contributed by atoms with Gasteiger partial charge < -0.3 is 20.9 Å². The van der Waals surface area contributed by atoms with Crippen LogP contribution in [0.2, 0.25) is 5.02 Å². The van der Waals surface area contributed by atoms with Gasteiger partial charge >= 0.3 is 0 Å². The SMILES string of the molecule is COc1ccc(N)c(NC(=O)c2cc(O)ccc2Cl)c1. The van der Waals surface area contributed by atoms with Crippen molar-refractivity contribution in [1.29, 1.82) is 0 Å². The summed E-state index contributed by atoms with van der Waals surface area (Å²) < 4.78 is 5.07. The summed E-state index contributed by atoms with van der Waals surface area (Å²) >= 11 is 5.93. The number of hydrogen-bond acceptors (Lipinski definition) is 4. The second-order valence-electron chi connectivity index (χ2n) is 4.07. The summed E-state index contributed by atoms with van der Waals surface area (Å²) in [5.41, 5.74) is 6.76. The molecule has 0 fully saturated rings. The number of benzene rings is 2. The normalized spacial score (nSPS) is 10.1. The molecule has 0 radical (unpaired) electrons. The first-order chi connectivity index (χ1) is 9.51. The van der Waals surface area contributed by atoms with Crippen LogP contribution < -0.4 is 15.8 Å². The summed E-state index contributed by atoms with van der Waals surface area (Å²) in [6, 6.07) is 9.04. The number of halogens is 1. The number of aromatic hydroxyl groups is 1. The lowest BCUT2D eigenvalue weighted by Gasteiger charge is -2.11. The van der Waals surface area contributed by atoms with Crippen molar-refractivity contribution in [2.75, 3.05) is 18.2 Å². The minimum Gasteiger partial charge on any atom is -0.508 e. The van der Waals surface area contributed by atoms with Crippen molar-refractivity contribution in [2.24, 2.45) is 0 Å². The maximum absolute atomic E-state index is 12.1. The Hall–Kier alpha value is -2.40. The highest BCUT2D eigenvalue weighted by molar-refractivity contribution is 6.34. The highest BCUT2D eigenvalue weighted by Gasteiger charge is 2.13. The van der Waals surface area contributed by atoms with Gasteiger partial charge in [0.05, 0.1) is 29.1 Å². The topological polar surface area (TPSA) is 84.6 Å². The molecule has 104 valence electrons. The quantitative estimate of drug-likeness (QED) is 0.759. The summed E-state index contributed by atoms with van der Waals surface area (Å²) in [6.45, 7) is 0. The van der Waals surface area contributed by atoms with Gasteiger partial charge in [-0.1, -0.05) is 11.6 Å². The van der Waals surface area contributed by atoms with Crippen LogP contribution in [0.3, 0.4) is 0 Å². The molecule has 0 aliphatic rings. The van der Waals surface area contributed by atoms with Gasteiger partial charge in [0.15, 0.2) is 0 Å². The van der Waals surface area contributed by atoms with Gasteiger partial charge in [-0.2, -0.15) is 0 Å². The van der Waals surface area contributed by atoms with E-state index in [0.717, 1.165) is 0 Å². The number of amides is 1. The fraction of sp³-hybridized carbons (Fsp3) is 0.0714. The Morgan fingerprint density at radius 3 is 2.75 bits per heavy atom. The van der Waals surface area contributed by atoms with E-state index in [4.69, 9.17) is 22.1 Å². The van der Waals surface area contributed by atoms with Crippen molar-refractivity contribution < 1.29 is 14.6 Å². The van der Waals surface area contributed by atoms with Crippen LogP contribution in [-0.2, 0) is 0 Å². The van der Waals surface area contributed by atoms with Crippen LogP contribution in [0.15, 0.2) is 36.4 Å². The lowest BCUT2D eigenvalue weighted by Crippen LogP contribution is -2.13. The fourth-order valence-electron chi connectivity index (χ4n) is 1.65. The molecule has 0 bridgehead atoms. The molecule has 2 aromatic rings. The summed E-state index contributed by atoms with van der Waals surface area (Å²) in [5.74, 6) is 0.0560. The molecule has 0 aliphatic heterocycles. The number of nitrogen functional groups attached to an aromatic ring is 1. The van der Waals surface area contributed by atoms with Crippen LogP contribution in [-0.4, -0.2) is 18.1 Å². The van der Waals surface area contributed by atoms with E-state index in [-0.39, 0.29) is 16.3 Å². The zero-order valence-electron chi connectivity index (χ0n) is 10.7. The molecule has 6 heteroatoms. The minimum atomic E-state index is -0.467. The number of nitrogens with two attached hydrogens (primary N) is 1. The third kappa shape index (κ3) is 2.95. The molecule has 4 N–H and O–H groups in total. The van der Waals surface area contributed by atoms with Crippen molar-refractivity contribution >= 4 is 28.9 Å². The van der Waals surface area contributed by atoms with E-state index in [1.54, 1.807) is 18.2 Å². The lowest BCUT2D eigenvalue weighted by atomic mass is 10.2. The minimum absolute atomic E-state index is 0.0434. The smallest absolute Gasteiger partial charge is 0.257 e. The molecule has 2 aromatic carbocycles. The van der Waals surface area contributed by atoms with Gasteiger partial charge in [-0.15, -0.1) is 0 Å². The number of rotatable bonds is 3. The maximum atomic E-state index is 12.1. The zero-order valence-corrected chi connectivity index (χ0v) is 11.4. The molecule has 0 saturated heterocycles. The van der Waals surface area contributed by atoms with Crippen molar-refractivity contribution in [2.45, 2.75) is 0 Å². The third-order valence-corrected chi connectivity index (χ3v) is 3.03. The molecule has 1 amide bonds. The van der Waals surface area contributed by atoms with Crippen molar-refractivity contribution in [3.8, 4) is 11.5 Å². The second-order valence-corrected chi connectivity index (χ2v) is 4.48. The molecule has 0 saturated carbocycles. The number of anilines is 2. The molecule has 0 spiro atoms. The van der Waals surface area contributed by atoms with E-state index >= 15 is 0 Å². The van der Waals surface area contributed by atoms with E-state index in [2.05, 4.69) is 5.32 Å². The predicted octanol–water partition coefficient (Wildman–Crippen LogP) is 2.89. The van der Waals surface area contributed by atoms with E-state index in [1.165, 1.54) is 25.3 Å². The number of phenols is 1. The Labute approximate surface area is 120 Å². The number of hydrogen-bond donors (Lipinski definition) is 3. The van der Waals surface area contributed by atoms with Gasteiger partial charge in [-0.05, 0) is 30.3 Å². The van der Waals surface area contributed by atoms with Crippen LogP contribution in [0.4, 0.5) is 11.4 Å². The summed E-state index contributed by atoms with van der Waals surface area (Å²) in [7, 11) is 1.52. The Morgan fingerprint density at radius 2 is 2.05 bits per heavy atom. The van der Waals surface area contributed by atoms with Gasteiger partial charge in [0.2, 0.25) is 0 Å². The van der Waals surface area contributed by atoms with Gasteiger partial charge in [-0.25, -0.2) is 0 Å². The van der Waals surface area contributed by atoms with E-state index < -0.39 is 5.91 Å². The number of nitrogens with one attached hydrogen (secondary N) is 1. The molecule has 0 aliphatic carbocycles. The number of carbonyl (C=O) groups is 1. The largest absolute Gasteiger partial charge is 0.508 e. The number of ether oxygens (including phenoxy) is 1. The Balaban J connectivity index is 2.30. The monoisotopic (exact) mass is 292 g/mol. The van der Waals surface area contributed by atoms with Gasteiger partial charge in [-0.3, -0.25) is 4.79 Å². The van der Waals surface area contributed by atoms with Crippen LogP contribution >= 0.6 is 11.6 Å². The molecule has 2 rings (SSSR count). The Morgan fingerprint density at radius 1 is 1.30 bits per heavy atom. The maximum Gasteiger partial charge on any atom is 0.257 e. The molecule has 0 unspecified atom stereocenters. The van der Waals surface area contributed by atoms with E-state index in [0.29, 0.717) is 17.1 Å². The zero-order chi connectivity index (χ0) is 14.7. The second kappa shape index (κ2) is 5.71. The van der Waals surface area contributed by atoms with Crippen LogP contribution in [0, 0.1) is 0 Å². The lowest BCUT2D eigenvalue weighted by molar-refractivity contribution is 0.102. The van der Waals surface area contributed by atoms with Crippen molar-refractivity contribution in [3.63, 3.8) is 0 Å². The summed E-state index contributed by atoms with van der Waals surface area (Å²) in [5, 5.41) is 12.3. The van der Waals surface area contributed by atoms with Crippen molar-refractivity contribution in [1.82, 2.24) is 0 Å². The highest BCUT2D eigenvalue weighted by atomic mass is 35.5. The Kier molecular flexibility index (Phi) is 4.00. The standard InChI is InChI=1S/C14H13ClN2O3/c1-20-9-3-5-12(16)13(7-9)17-14(19)10-6-8(18)2-4-11(10)15/h2-7,18H,16H2,1H3,(H,17,19). The molecule has 0 atom stereocenters. The first kappa shape index (κ1) is 14.0. The predicted molar refractivity (Wildman–Crippen MR) is 78.5 cm³/mol. The Bertz CT molecular complexity index is 659. The molecular formula is C14H13ClN2O3.